The summed E-state index contributed by atoms with van der Waals surface area (Å²) in [6.07, 6.45) is 2.77. The molecule has 1 atom stereocenters. The lowest BCUT2D eigenvalue weighted by atomic mass is 10.0. The van der Waals surface area contributed by atoms with Crippen LogP contribution in [-0.4, -0.2) is 59.0 Å². The van der Waals surface area contributed by atoms with Crippen LogP contribution < -0.4 is 5.73 Å². The molecule has 1 unspecified atom stereocenters. The van der Waals surface area contributed by atoms with Gasteiger partial charge in [0.05, 0.1) is 0 Å². The minimum atomic E-state index is -0.881. The molecule has 0 aliphatic carbocycles. The topological polar surface area (TPSA) is 104 Å². The summed E-state index contributed by atoms with van der Waals surface area (Å²) in [6, 6.07) is -0.794. The molecule has 0 bridgehead atoms. The molecule has 0 radical (unpaired) electrons. The number of amides is 3. The van der Waals surface area contributed by atoms with E-state index in [-0.39, 0.29) is 12.5 Å². The Kier molecular flexibility index (Phi) is 5.59. The summed E-state index contributed by atoms with van der Waals surface area (Å²) < 4.78 is 0. The molecule has 1 saturated heterocycles. The number of rotatable bonds is 5. The van der Waals surface area contributed by atoms with Crippen molar-refractivity contribution in [1.82, 2.24) is 9.80 Å². The van der Waals surface area contributed by atoms with E-state index in [2.05, 4.69) is 0 Å². The molecule has 19 heavy (non-hydrogen) atoms. The lowest BCUT2D eigenvalue weighted by Gasteiger charge is -2.36. The fourth-order valence-corrected chi connectivity index (χ4v) is 2.24. The van der Waals surface area contributed by atoms with Crippen molar-refractivity contribution in [3.05, 3.63) is 0 Å². The Morgan fingerprint density at radius 3 is 2.63 bits per heavy atom. The second kappa shape index (κ2) is 6.96. The zero-order valence-corrected chi connectivity index (χ0v) is 11.2. The highest BCUT2D eigenvalue weighted by Crippen LogP contribution is 2.18. The van der Waals surface area contributed by atoms with Crippen LogP contribution in [0.3, 0.4) is 0 Å². The van der Waals surface area contributed by atoms with Gasteiger partial charge in [0.25, 0.3) is 0 Å². The van der Waals surface area contributed by atoms with Gasteiger partial charge in [0.15, 0.2) is 0 Å². The van der Waals surface area contributed by atoms with Gasteiger partial charge in [0, 0.05) is 26.6 Å². The molecule has 0 spiro atoms. The molecule has 1 aliphatic rings. The van der Waals surface area contributed by atoms with E-state index in [1.54, 1.807) is 7.05 Å². The molecule has 3 amide bonds. The van der Waals surface area contributed by atoms with Gasteiger partial charge in [-0.1, -0.05) is 0 Å². The maximum atomic E-state index is 12.2. The number of piperidine rings is 1. The quantitative estimate of drug-likeness (QED) is 0.747. The van der Waals surface area contributed by atoms with E-state index in [1.165, 1.54) is 9.80 Å². The molecule has 0 aromatic carbocycles. The Hall–Kier alpha value is -1.79. The zero-order valence-electron chi connectivity index (χ0n) is 11.2. The standard InChI is InChI=1S/C12H21N3O4/c1-14(7-4-6-10(16)17)12(19)15-8-3-2-5-9(15)11(13)18/h9H,2-8H2,1H3,(H2,13,18)(H,16,17). The number of nitrogens with zero attached hydrogens (tertiary/aromatic N) is 2. The van der Waals surface area contributed by atoms with Crippen molar-refractivity contribution in [1.29, 1.82) is 0 Å². The van der Waals surface area contributed by atoms with E-state index in [1.807, 2.05) is 0 Å². The summed E-state index contributed by atoms with van der Waals surface area (Å²) >= 11 is 0. The van der Waals surface area contributed by atoms with Crippen molar-refractivity contribution < 1.29 is 19.5 Å². The molecule has 0 aromatic rings. The van der Waals surface area contributed by atoms with Crippen molar-refractivity contribution in [3.8, 4) is 0 Å². The predicted octanol–water partition coefficient (Wildman–Crippen LogP) is 0.243. The van der Waals surface area contributed by atoms with Crippen LogP contribution in [0.2, 0.25) is 0 Å². The minimum absolute atomic E-state index is 0.0247. The van der Waals surface area contributed by atoms with Crippen LogP contribution >= 0.6 is 0 Å². The molecular formula is C12H21N3O4. The lowest BCUT2D eigenvalue weighted by molar-refractivity contribution is -0.137. The van der Waals surface area contributed by atoms with Crippen LogP contribution in [0.15, 0.2) is 0 Å². The van der Waals surface area contributed by atoms with Gasteiger partial charge in [0.2, 0.25) is 5.91 Å². The highest BCUT2D eigenvalue weighted by Gasteiger charge is 2.32. The van der Waals surface area contributed by atoms with Crippen molar-refractivity contribution >= 4 is 17.9 Å². The van der Waals surface area contributed by atoms with Crippen molar-refractivity contribution in [3.63, 3.8) is 0 Å². The Morgan fingerprint density at radius 1 is 1.37 bits per heavy atom. The van der Waals surface area contributed by atoms with Crippen LogP contribution in [-0.2, 0) is 9.59 Å². The summed E-state index contributed by atoms with van der Waals surface area (Å²) in [4.78, 5) is 36.9. The van der Waals surface area contributed by atoms with E-state index in [4.69, 9.17) is 10.8 Å². The van der Waals surface area contributed by atoms with Gasteiger partial charge < -0.3 is 20.6 Å². The predicted molar refractivity (Wildman–Crippen MR) is 68.4 cm³/mol. The number of hydrogen-bond donors (Lipinski definition) is 2. The van der Waals surface area contributed by atoms with Gasteiger partial charge in [0.1, 0.15) is 6.04 Å². The number of carbonyl (C=O) groups is 3. The molecule has 1 fully saturated rings. The highest BCUT2D eigenvalue weighted by molar-refractivity contribution is 5.86. The van der Waals surface area contributed by atoms with Crippen LogP contribution in [0.25, 0.3) is 0 Å². The van der Waals surface area contributed by atoms with Crippen LogP contribution in [0, 0.1) is 0 Å². The average Bonchev–Trinajstić information content (AvgIpc) is 2.37. The summed E-state index contributed by atoms with van der Waals surface area (Å²) in [5.41, 5.74) is 5.31. The molecule has 3 N–H and O–H groups in total. The fourth-order valence-electron chi connectivity index (χ4n) is 2.24. The number of carbonyl (C=O) groups excluding carboxylic acids is 2. The van der Waals surface area contributed by atoms with Gasteiger partial charge in [-0.3, -0.25) is 9.59 Å². The Balaban J connectivity index is 2.53. The molecule has 7 nitrogen and oxygen atoms in total. The average molecular weight is 271 g/mol. The van der Waals surface area contributed by atoms with Gasteiger partial charge >= 0.3 is 12.0 Å². The van der Waals surface area contributed by atoms with E-state index in [0.717, 1.165) is 12.8 Å². The molecule has 0 saturated carbocycles. The van der Waals surface area contributed by atoms with E-state index < -0.39 is 17.9 Å². The Morgan fingerprint density at radius 2 is 2.05 bits per heavy atom. The largest absolute Gasteiger partial charge is 0.481 e. The van der Waals surface area contributed by atoms with E-state index in [0.29, 0.717) is 25.9 Å². The number of carboxylic acids is 1. The van der Waals surface area contributed by atoms with Crippen molar-refractivity contribution in [2.45, 2.75) is 38.1 Å². The summed E-state index contributed by atoms with van der Waals surface area (Å²) in [6.45, 7) is 0.878. The number of urea groups is 1. The van der Waals surface area contributed by atoms with E-state index >= 15 is 0 Å². The maximum Gasteiger partial charge on any atom is 0.320 e. The number of aliphatic carboxylic acids is 1. The second-order valence-electron chi connectivity index (χ2n) is 4.81. The van der Waals surface area contributed by atoms with E-state index in [9.17, 15) is 14.4 Å². The van der Waals surface area contributed by atoms with Crippen molar-refractivity contribution in [2.75, 3.05) is 20.1 Å². The maximum absolute atomic E-state index is 12.2. The Bertz CT molecular complexity index is 359. The van der Waals surface area contributed by atoms with Crippen molar-refractivity contribution in [2.24, 2.45) is 5.73 Å². The van der Waals surface area contributed by atoms with Gasteiger partial charge in [-0.15, -0.1) is 0 Å². The number of likely N-dealkylation sites (tertiary alicyclic amines) is 1. The first-order valence-corrected chi connectivity index (χ1v) is 6.46. The zero-order chi connectivity index (χ0) is 14.4. The Labute approximate surface area is 112 Å². The molecule has 0 aromatic heterocycles. The fraction of sp³-hybridized carbons (Fsp3) is 0.750. The number of hydrogen-bond acceptors (Lipinski definition) is 3. The smallest absolute Gasteiger partial charge is 0.320 e. The lowest BCUT2D eigenvalue weighted by Crippen LogP contribution is -2.54. The molecule has 7 heteroatoms. The number of carboxylic acid groups (broad SMARTS) is 1. The third-order valence-electron chi connectivity index (χ3n) is 3.29. The van der Waals surface area contributed by atoms with Gasteiger partial charge in [-0.25, -0.2) is 4.79 Å². The molecule has 1 heterocycles. The molecule has 1 rings (SSSR count). The van der Waals surface area contributed by atoms with Gasteiger partial charge in [-0.2, -0.15) is 0 Å². The molecule has 1 aliphatic heterocycles. The normalized spacial score (nSPS) is 19.0. The summed E-state index contributed by atoms with van der Waals surface area (Å²) in [5.74, 6) is -1.36. The third kappa shape index (κ3) is 4.42. The SMILES string of the molecule is CN(CCCC(=O)O)C(=O)N1CCCCC1C(N)=O. The van der Waals surface area contributed by atoms with Gasteiger partial charge in [-0.05, 0) is 25.7 Å². The number of primary amides is 1. The first kappa shape index (κ1) is 15.3. The summed E-state index contributed by atoms with van der Waals surface area (Å²) in [7, 11) is 1.61. The molecule has 108 valence electrons. The van der Waals surface area contributed by atoms with Crippen LogP contribution in [0.5, 0.6) is 0 Å². The summed E-state index contributed by atoms with van der Waals surface area (Å²) in [5, 5.41) is 8.55. The minimum Gasteiger partial charge on any atom is -0.481 e. The first-order chi connectivity index (χ1) is 8.93. The first-order valence-electron chi connectivity index (χ1n) is 6.46. The number of nitrogens with two attached hydrogens (primary N) is 1. The molecular weight excluding hydrogens is 250 g/mol. The van der Waals surface area contributed by atoms with Crippen LogP contribution in [0.1, 0.15) is 32.1 Å². The second-order valence-corrected chi connectivity index (χ2v) is 4.81. The third-order valence-corrected chi connectivity index (χ3v) is 3.29. The highest BCUT2D eigenvalue weighted by atomic mass is 16.4. The van der Waals surface area contributed by atoms with Crippen LogP contribution in [0.4, 0.5) is 4.79 Å². The monoisotopic (exact) mass is 271 g/mol.